The van der Waals surface area contributed by atoms with Gasteiger partial charge in [0, 0.05) is 46.7 Å². The van der Waals surface area contributed by atoms with Gasteiger partial charge in [-0.2, -0.15) is 4.31 Å². The number of hydrogen-bond donors (Lipinski definition) is 0. The number of aromatic nitrogens is 2. The van der Waals surface area contributed by atoms with E-state index in [-0.39, 0.29) is 29.6 Å². The van der Waals surface area contributed by atoms with E-state index in [9.17, 15) is 18.0 Å². The number of hydrogen-bond acceptors (Lipinski definition) is 4. The zero-order valence-corrected chi connectivity index (χ0v) is 18.5. The van der Waals surface area contributed by atoms with Gasteiger partial charge in [-0.15, -0.1) is 0 Å². The zero-order valence-electron chi connectivity index (χ0n) is 17.7. The van der Waals surface area contributed by atoms with Gasteiger partial charge in [-0.05, 0) is 30.2 Å². The topological polar surface area (TPSA) is 84.6 Å². The molecule has 8 nitrogen and oxygen atoms in total. The van der Waals surface area contributed by atoms with Gasteiger partial charge in [0.2, 0.25) is 15.9 Å². The summed E-state index contributed by atoms with van der Waals surface area (Å²) in [5, 5.41) is 0. The number of carbonyl (C=O) groups excluding carboxylic acids is 1. The molecule has 2 heterocycles. The predicted octanol–water partition coefficient (Wildman–Crippen LogP) is 1.34. The van der Waals surface area contributed by atoms with Gasteiger partial charge in [-0.1, -0.05) is 30.3 Å². The smallest absolute Gasteiger partial charge is 0.328 e. The Morgan fingerprint density at radius 1 is 0.903 bits per heavy atom. The third-order valence-corrected chi connectivity index (χ3v) is 7.84. The molecule has 0 bridgehead atoms. The lowest BCUT2D eigenvalue weighted by Gasteiger charge is -2.34. The number of sulfonamides is 1. The van der Waals surface area contributed by atoms with Gasteiger partial charge in [0.1, 0.15) is 0 Å². The molecule has 0 atom stereocenters. The molecule has 0 N–H and O–H groups in total. The van der Waals surface area contributed by atoms with E-state index in [0.29, 0.717) is 37.0 Å². The van der Waals surface area contributed by atoms with Crippen LogP contribution in [0.3, 0.4) is 0 Å². The van der Waals surface area contributed by atoms with E-state index in [1.54, 1.807) is 31.1 Å². The number of nitrogens with zero attached hydrogens (tertiary/aromatic N) is 4. The van der Waals surface area contributed by atoms with Crippen molar-refractivity contribution in [2.45, 2.75) is 17.7 Å². The second-order valence-electron chi connectivity index (χ2n) is 7.82. The molecule has 31 heavy (non-hydrogen) atoms. The molecular formula is C22H26N4O4S. The monoisotopic (exact) mass is 442 g/mol. The molecule has 1 aliphatic heterocycles. The molecule has 0 unspecified atom stereocenters. The van der Waals surface area contributed by atoms with Crippen molar-refractivity contribution in [3.8, 4) is 0 Å². The summed E-state index contributed by atoms with van der Waals surface area (Å²) in [7, 11) is -0.422. The molecule has 0 spiro atoms. The van der Waals surface area contributed by atoms with Gasteiger partial charge in [-0.3, -0.25) is 13.9 Å². The van der Waals surface area contributed by atoms with Crippen molar-refractivity contribution >= 4 is 27.0 Å². The molecule has 164 valence electrons. The quantitative estimate of drug-likeness (QED) is 0.597. The van der Waals surface area contributed by atoms with E-state index in [4.69, 9.17) is 0 Å². The summed E-state index contributed by atoms with van der Waals surface area (Å²) < 4.78 is 30.6. The van der Waals surface area contributed by atoms with Crippen LogP contribution in [0.15, 0.2) is 58.2 Å². The molecule has 9 heteroatoms. The number of carbonyl (C=O) groups is 1. The molecule has 1 aromatic heterocycles. The van der Waals surface area contributed by atoms with E-state index in [0.717, 1.165) is 5.56 Å². The molecule has 2 aromatic carbocycles. The first-order valence-corrected chi connectivity index (χ1v) is 11.7. The minimum Gasteiger partial charge on any atom is -0.340 e. The highest BCUT2D eigenvalue weighted by atomic mass is 32.2. The van der Waals surface area contributed by atoms with Crippen molar-refractivity contribution < 1.29 is 13.2 Å². The average Bonchev–Trinajstić information content (AvgIpc) is 3.02. The Morgan fingerprint density at radius 2 is 1.55 bits per heavy atom. The lowest BCUT2D eigenvalue weighted by Crippen LogP contribution is -2.50. The summed E-state index contributed by atoms with van der Waals surface area (Å²) in [6.45, 7) is 1.26. The van der Waals surface area contributed by atoms with E-state index in [1.807, 2.05) is 30.3 Å². The molecule has 0 saturated carbocycles. The molecule has 3 aromatic rings. The summed E-state index contributed by atoms with van der Waals surface area (Å²) in [6.07, 6.45) is 1.09. The van der Waals surface area contributed by atoms with Crippen molar-refractivity contribution in [1.82, 2.24) is 18.3 Å². The van der Waals surface area contributed by atoms with E-state index in [2.05, 4.69) is 0 Å². The van der Waals surface area contributed by atoms with Crippen LogP contribution in [0.2, 0.25) is 0 Å². The third kappa shape index (κ3) is 4.03. The van der Waals surface area contributed by atoms with E-state index >= 15 is 0 Å². The highest BCUT2D eigenvalue weighted by molar-refractivity contribution is 7.89. The minimum absolute atomic E-state index is 0.0432. The van der Waals surface area contributed by atoms with Crippen LogP contribution in [0.25, 0.3) is 11.0 Å². The highest BCUT2D eigenvalue weighted by Crippen LogP contribution is 2.22. The molecule has 1 saturated heterocycles. The summed E-state index contributed by atoms with van der Waals surface area (Å²) in [5.41, 5.74) is 2.17. The Morgan fingerprint density at radius 3 is 2.23 bits per heavy atom. The maximum Gasteiger partial charge on any atom is 0.328 e. The zero-order chi connectivity index (χ0) is 22.2. The van der Waals surface area contributed by atoms with Gasteiger partial charge in [0.25, 0.3) is 0 Å². The normalized spacial score (nSPS) is 15.5. The average molecular weight is 443 g/mol. The number of rotatable bonds is 5. The third-order valence-electron chi connectivity index (χ3n) is 5.94. The molecular weight excluding hydrogens is 416 g/mol. The molecule has 1 aliphatic rings. The lowest BCUT2D eigenvalue weighted by molar-refractivity contribution is -0.132. The van der Waals surface area contributed by atoms with Crippen molar-refractivity contribution in [2.75, 3.05) is 26.2 Å². The van der Waals surface area contributed by atoms with Gasteiger partial charge in [0.15, 0.2) is 0 Å². The number of imidazole rings is 1. The number of piperazine rings is 1. The summed E-state index contributed by atoms with van der Waals surface area (Å²) in [4.78, 5) is 26.6. The Hall–Kier alpha value is -2.91. The Balaban J connectivity index is 1.43. The maximum atomic E-state index is 13.1. The fourth-order valence-corrected chi connectivity index (χ4v) is 5.47. The number of benzene rings is 2. The summed E-state index contributed by atoms with van der Waals surface area (Å²) in [6, 6.07) is 14.6. The Labute approximate surface area is 181 Å². The minimum atomic E-state index is -3.71. The second-order valence-corrected chi connectivity index (χ2v) is 9.76. The van der Waals surface area contributed by atoms with Crippen LogP contribution in [0.5, 0.6) is 0 Å². The Kier molecular flexibility index (Phi) is 5.72. The van der Waals surface area contributed by atoms with E-state index in [1.165, 1.54) is 19.5 Å². The van der Waals surface area contributed by atoms with Crippen LogP contribution in [0.4, 0.5) is 0 Å². The van der Waals surface area contributed by atoms with Crippen molar-refractivity contribution in [3.05, 3.63) is 64.6 Å². The highest BCUT2D eigenvalue weighted by Gasteiger charge is 2.30. The van der Waals surface area contributed by atoms with E-state index < -0.39 is 10.0 Å². The summed E-state index contributed by atoms with van der Waals surface area (Å²) in [5.74, 6) is 0.0432. The van der Waals surface area contributed by atoms with Crippen LogP contribution in [-0.2, 0) is 35.3 Å². The molecule has 1 fully saturated rings. The molecule has 0 aliphatic carbocycles. The standard InChI is InChI=1S/C22H26N4O4S/c1-23-19-10-9-18(16-20(19)24(2)22(23)28)31(29,30)26-14-12-25(13-15-26)21(27)11-8-17-6-4-3-5-7-17/h3-7,9-10,16H,8,11-15H2,1-2H3. The number of aryl methyl sites for hydroxylation is 3. The SMILES string of the molecule is Cn1c(=O)n(C)c2cc(S(=O)(=O)N3CCN(C(=O)CCc4ccccc4)CC3)ccc21. The maximum absolute atomic E-state index is 13.1. The largest absolute Gasteiger partial charge is 0.340 e. The van der Waals surface area contributed by atoms with Crippen molar-refractivity contribution in [3.63, 3.8) is 0 Å². The Bertz CT molecular complexity index is 1270. The fraction of sp³-hybridized carbons (Fsp3) is 0.364. The van der Waals surface area contributed by atoms with Crippen LogP contribution in [-0.4, -0.2) is 58.8 Å². The molecule has 1 amide bonds. The van der Waals surface area contributed by atoms with Gasteiger partial charge < -0.3 is 4.90 Å². The fourth-order valence-electron chi connectivity index (χ4n) is 4.03. The first-order chi connectivity index (χ1) is 14.8. The first-order valence-electron chi connectivity index (χ1n) is 10.3. The summed E-state index contributed by atoms with van der Waals surface area (Å²) >= 11 is 0. The van der Waals surface area contributed by atoms with Gasteiger partial charge in [0.05, 0.1) is 15.9 Å². The number of amides is 1. The first kappa shape index (κ1) is 21.3. The number of fused-ring (bicyclic) bond motifs is 1. The second kappa shape index (κ2) is 8.32. The van der Waals surface area contributed by atoms with Crippen LogP contribution < -0.4 is 5.69 Å². The van der Waals surface area contributed by atoms with Crippen LogP contribution >= 0.6 is 0 Å². The van der Waals surface area contributed by atoms with Gasteiger partial charge >= 0.3 is 5.69 Å². The van der Waals surface area contributed by atoms with Gasteiger partial charge in [-0.25, -0.2) is 13.2 Å². The van der Waals surface area contributed by atoms with Crippen LogP contribution in [0.1, 0.15) is 12.0 Å². The molecule has 4 rings (SSSR count). The van der Waals surface area contributed by atoms with Crippen molar-refractivity contribution in [2.24, 2.45) is 14.1 Å². The van der Waals surface area contributed by atoms with Crippen molar-refractivity contribution in [1.29, 1.82) is 0 Å². The van der Waals surface area contributed by atoms with Crippen LogP contribution in [0, 0.1) is 0 Å². The molecule has 0 radical (unpaired) electrons. The predicted molar refractivity (Wildman–Crippen MR) is 118 cm³/mol. The lowest BCUT2D eigenvalue weighted by atomic mass is 10.1.